The number of fused-ring (bicyclic) bond motifs is 2. The summed E-state index contributed by atoms with van der Waals surface area (Å²) in [7, 11) is 3.56. The van der Waals surface area contributed by atoms with Gasteiger partial charge in [-0.05, 0) is 43.4 Å². The number of methoxy groups -OCH3 is 1. The second kappa shape index (κ2) is 8.99. The fourth-order valence-corrected chi connectivity index (χ4v) is 5.36. The van der Waals surface area contributed by atoms with Crippen LogP contribution < -0.4 is 15.4 Å². The van der Waals surface area contributed by atoms with Gasteiger partial charge >= 0.3 is 0 Å². The molecule has 1 aliphatic heterocycles. The van der Waals surface area contributed by atoms with E-state index < -0.39 is 0 Å². The quantitative estimate of drug-likeness (QED) is 0.382. The minimum atomic E-state index is 0. The summed E-state index contributed by atoms with van der Waals surface area (Å²) in [5, 5.41) is 7.25. The van der Waals surface area contributed by atoms with Crippen LogP contribution in [0.4, 0.5) is 0 Å². The fraction of sp³-hybridized carbons (Fsp3) is 0.667. The molecule has 1 aromatic rings. The Kier molecular flexibility index (Phi) is 6.89. The van der Waals surface area contributed by atoms with Gasteiger partial charge in [0.25, 0.3) is 0 Å². The number of benzene rings is 1. The molecule has 2 N–H and O–H groups in total. The third-order valence-electron chi connectivity index (χ3n) is 6.67. The SMILES string of the molecule is CN=C(NCCc1ccc(OC)cc1)NC1C2CCOC2C12CCCC2.I. The molecule has 2 aliphatic carbocycles. The molecule has 4 rings (SSSR count). The average Bonchev–Trinajstić information content (AvgIpc) is 3.33. The van der Waals surface area contributed by atoms with Crippen molar-refractivity contribution >= 4 is 29.9 Å². The first-order valence-corrected chi connectivity index (χ1v) is 9.98. The lowest BCUT2D eigenvalue weighted by atomic mass is 9.54. The van der Waals surface area contributed by atoms with E-state index in [1.165, 1.54) is 37.7 Å². The standard InChI is InChI=1S/C21H31N3O2.HI/c1-22-20(23-13-9-15-5-7-16(25-2)8-6-15)24-18-17-10-14-26-19(17)21(18)11-3-4-12-21;/h5-8,17-19H,3-4,9-14H2,1-2H3,(H2,22,23,24);1H. The smallest absolute Gasteiger partial charge is 0.191 e. The van der Waals surface area contributed by atoms with Crippen LogP contribution in [0, 0.1) is 11.3 Å². The molecule has 1 saturated heterocycles. The van der Waals surface area contributed by atoms with Crippen LogP contribution in [0.2, 0.25) is 0 Å². The molecule has 2 saturated carbocycles. The molecule has 1 aromatic carbocycles. The molecule has 0 aromatic heterocycles. The summed E-state index contributed by atoms with van der Waals surface area (Å²) in [6, 6.07) is 8.79. The van der Waals surface area contributed by atoms with Crippen molar-refractivity contribution in [1.82, 2.24) is 10.6 Å². The summed E-state index contributed by atoms with van der Waals surface area (Å²) in [6.45, 7) is 1.80. The number of hydrogen-bond donors (Lipinski definition) is 2. The maximum atomic E-state index is 6.08. The van der Waals surface area contributed by atoms with Crippen molar-refractivity contribution in [3.8, 4) is 5.75 Å². The van der Waals surface area contributed by atoms with Crippen LogP contribution in [0.1, 0.15) is 37.7 Å². The first-order valence-electron chi connectivity index (χ1n) is 9.98. The van der Waals surface area contributed by atoms with E-state index in [1.54, 1.807) is 7.11 Å². The van der Waals surface area contributed by atoms with Gasteiger partial charge in [-0.2, -0.15) is 0 Å². The van der Waals surface area contributed by atoms with Crippen LogP contribution in [0.15, 0.2) is 29.3 Å². The minimum absolute atomic E-state index is 0. The van der Waals surface area contributed by atoms with E-state index in [2.05, 4.69) is 27.8 Å². The zero-order valence-corrected chi connectivity index (χ0v) is 18.7. The third kappa shape index (κ3) is 3.92. The predicted octanol–water partition coefficient (Wildman–Crippen LogP) is 3.37. The molecule has 27 heavy (non-hydrogen) atoms. The van der Waals surface area contributed by atoms with Gasteiger partial charge in [0.1, 0.15) is 5.75 Å². The van der Waals surface area contributed by atoms with Gasteiger partial charge in [-0.3, -0.25) is 4.99 Å². The first-order chi connectivity index (χ1) is 12.8. The molecule has 1 heterocycles. The van der Waals surface area contributed by atoms with Gasteiger partial charge in [0, 0.05) is 37.6 Å². The van der Waals surface area contributed by atoms with Gasteiger partial charge in [-0.15, -0.1) is 24.0 Å². The molecule has 5 nitrogen and oxygen atoms in total. The van der Waals surface area contributed by atoms with Crippen molar-refractivity contribution in [3.05, 3.63) is 29.8 Å². The number of nitrogens with zero attached hydrogens (tertiary/aromatic N) is 1. The highest BCUT2D eigenvalue weighted by Gasteiger charge is 2.65. The van der Waals surface area contributed by atoms with Gasteiger partial charge < -0.3 is 20.1 Å². The lowest BCUT2D eigenvalue weighted by Crippen LogP contribution is -2.69. The van der Waals surface area contributed by atoms with E-state index in [0.29, 0.717) is 23.5 Å². The summed E-state index contributed by atoms with van der Waals surface area (Å²) in [5.41, 5.74) is 1.66. The Balaban J connectivity index is 0.00000210. The van der Waals surface area contributed by atoms with Crippen molar-refractivity contribution in [2.75, 3.05) is 27.3 Å². The van der Waals surface area contributed by atoms with E-state index in [9.17, 15) is 0 Å². The van der Waals surface area contributed by atoms with Crippen molar-refractivity contribution in [2.45, 2.75) is 50.7 Å². The maximum absolute atomic E-state index is 6.08. The average molecular weight is 485 g/mol. The first kappa shape index (κ1) is 20.7. The number of rotatable bonds is 5. The Morgan fingerprint density at radius 2 is 2.00 bits per heavy atom. The van der Waals surface area contributed by atoms with Crippen LogP contribution in [0.5, 0.6) is 5.75 Å². The number of nitrogens with one attached hydrogen (secondary N) is 2. The van der Waals surface area contributed by atoms with Crippen molar-refractivity contribution in [2.24, 2.45) is 16.3 Å². The van der Waals surface area contributed by atoms with E-state index in [1.807, 2.05) is 19.2 Å². The summed E-state index contributed by atoms with van der Waals surface area (Å²) in [4.78, 5) is 4.47. The second-order valence-corrected chi connectivity index (χ2v) is 7.90. The van der Waals surface area contributed by atoms with Crippen molar-refractivity contribution < 1.29 is 9.47 Å². The fourth-order valence-electron chi connectivity index (χ4n) is 5.36. The van der Waals surface area contributed by atoms with Gasteiger partial charge in [-0.25, -0.2) is 0 Å². The molecule has 3 unspecified atom stereocenters. The van der Waals surface area contributed by atoms with Gasteiger partial charge in [-0.1, -0.05) is 25.0 Å². The van der Waals surface area contributed by atoms with Crippen LogP contribution in [0.25, 0.3) is 0 Å². The summed E-state index contributed by atoms with van der Waals surface area (Å²) >= 11 is 0. The summed E-state index contributed by atoms with van der Waals surface area (Å²) in [6.07, 6.45) is 7.92. The molecule has 3 atom stereocenters. The molecule has 6 heteroatoms. The van der Waals surface area contributed by atoms with Crippen LogP contribution >= 0.6 is 24.0 Å². The Labute approximate surface area is 179 Å². The monoisotopic (exact) mass is 485 g/mol. The normalized spacial score (nSPS) is 28.2. The highest BCUT2D eigenvalue weighted by Crippen LogP contribution is 2.60. The molecular weight excluding hydrogens is 453 g/mol. The maximum Gasteiger partial charge on any atom is 0.191 e. The molecule has 0 radical (unpaired) electrons. The van der Waals surface area contributed by atoms with Crippen LogP contribution in [-0.4, -0.2) is 45.4 Å². The third-order valence-corrected chi connectivity index (χ3v) is 6.67. The van der Waals surface area contributed by atoms with Gasteiger partial charge in [0.2, 0.25) is 0 Å². The Morgan fingerprint density at radius 3 is 2.67 bits per heavy atom. The Bertz CT molecular complexity index is 643. The molecule has 150 valence electrons. The molecule has 3 aliphatic rings. The molecule has 0 bridgehead atoms. The zero-order valence-electron chi connectivity index (χ0n) is 16.4. The molecule has 3 fully saturated rings. The predicted molar refractivity (Wildman–Crippen MR) is 119 cm³/mol. The second-order valence-electron chi connectivity index (χ2n) is 7.90. The number of guanidine groups is 1. The van der Waals surface area contributed by atoms with E-state index in [4.69, 9.17) is 9.47 Å². The Hall–Kier alpha value is -1.02. The van der Waals surface area contributed by atoms with Crippen molar-refractivity contribution in [3.63, 3.8) is 0 Å². The van der Waals surface area contributed by atoms with E-state index in [-0.39, 0.29) is 24.0 Å². The zero-order chi connectivity index (χ0) is 18.0. The molecule has 0 amide bonds. The van der Waals surface area contributed by atoms with Gasteiger partial charge in [0.05, 0.1) is 13.2 Å². The highest BCUT2D eigenvalue weighted by molar-refractivity contribution is 14.0. The van der Waals surface area contributed by atoms with E-state index >= 15 is 0 Å². The number of ether oxygens (including phenoxy) is 2. The summed E-state index contributed by atoms with van der Waals surface area (Å²) in [5.74, 6) is 2.49. The van der Waals surface area contributed by atoms with Crippen molar-refractivity contribution in [1.29, 1.82) is 0 Å². The number of aliphatic imine (C=N–C) groups is 1. The minimum Gasteiger partial charge on any atom is -0.497 e. The lowest BCUT2D eigenvalue weighted by molar-refractivity contribution is -0.125. The number of hydrogen-bond acceptors (Lipinski definition) is 3. The highest BCUT2D eigenvalue weighted by atomic mass is 127. The summed E-state index contributed by atoms with van der Waals surface area (Å²) < 4.78 is 11.3. The van der Waals surface area contributed by atoms with Crippen LogP contribution in [-0.2, 0) is 11.2 Å². The Morgan fingerprint density at radius 1 is 1.26 bits per heavy atom. The lowest BCUT2D eigenvalue weighted by Gasteiger charge is -2.57. The largest absolute Gasteiger partial charge is 0.497 e. The van der Waals surface area contributed by atoms with Gasteiger partial charge in [0.15, 0.2) is 5.96 Å². The number of halogens is 1. The van der Waals surface area contributed by atoms with E-state index in [0.717, 1.165) is 31.3 Å². The molecular formula is C21H32IN3O2. The topological polar surface area (TPSA) is 54.9 Å². The van der Waals surface area contributed by atoms with Crippen LogP contribution in [0.3, 0.4) is 0 Å². The molecule has 1 spiro atoms.